The van der Waals surface area contributed by atoms with Crippen molar-refractivity contribution >= 4 is 18.3 Å². The van der Waals surface area contributed by atoms with Crippen molar-refractivity contribution in [1.82, 2.24) is 0 Å². The third-order valence-electron chi connectivity index (χ3n) is 2.21. The molecule has 4 nitrogen and oxygen atoms in total. The van der Waals surface area contributed by atoms with Crippen LogP contribution in [0.25, 0.3) is 0 Å². The maximum atomic E-state index is 8.91. The fourth-order valence-electron chi connectivity index (χ4n) is 1.32. The zero-order valence-electron chi connectivity index (χ0n) is 9.52. The molecule has 1 aromatic rings. The molecule has 0 aromatic heterocycles. The summed E-state index contributed by atoms with van der Waals surface area (Å²) < 4.78 is 5.22. The number of rotatable bonds is 7. The third kappa shape index (κ3) is 4.66. The van der Waals surface area contributed by atoms with E-state index in [4.69, 9.17) is 14.8 Å². The number of ether oxygens (including phenoxy) is 1. The summed E-state index contributed by atoms with van der Waals surface area (Å²) in [5, 5.41) is 21.0. The van der Waals surface area contributed by atoms with Crippen LogP contribution in [0, 0.1) is 0 Å². The largest absolute Gasteiger partial charge is 0.488 e. The van der Waals surface area contributed by atoms with Crippen LogP contribution in [-0.4, -0.2) is 36.9 Å². The summed E-state index contributed by atoms with van der Waals surface area (Å²) in [7, 11) is -1.40. The maximum Gasteiger partial charge on any atom is 0.488 e. The second-order valence-corrected chi connectivity index (χ2v) is 3.47. The molecule has 0 aliphatic heterocycles. The summed E-state index contributed by atoms with van der Waals surface area (Å²) in [5.74, 6) is 0. The summed E-state index contributed by atoms with van der Waals surface area (Å²) in [6.07, 6.45) is 0.957. The zero-order chi connectivity index (χ0) is 11.8. The lowest BCUT2D eigenvalue weighted by molar-refractivity contribution is 0.147. The second kappa shape index (κ2) is 7.27. The van der Waals surface area contributed by atoms with E-state index in [1.165, 1.54) is 0 Å². The van der Waals surface area contributed by atoms with Crippen molar-refractivity contribution in [3.8, 4) is 0 Å². The van der Waals surface area contributed by atoms with Gasteiger partial charge in [-0.3, -0.25) is 0 Å². The minimum atomic E-state index is -1.40. The summed E-state index contributed by atoms with van der Waals surface area (Å²) in [5.41, 5.74) is 1.47. The first kappa shape index (κ1) is 13.0. The van der Waals surface area contributed by atoms with Gasteiger partial charge in [0.05, 0.1) is 0 Å². The van der Waals surface area contributed by atoms with E-state index in [1.807, 2.05) is 19.1 Å². The first-order valence-corrected chi connectivity index (χ1v) is 5.51. The topological polar surface area (TPSA) is 61.7 Å². The van der Waals surface area contributed by atoms with Crippen molar-refractivity contribution in [2.24, 2.45) is 0 Å². The molecule has 0 amide bonds. The minimum absolute atomic E-state index is 0.500. The van der Waals surface area contributed by atoms with E-state index in [9.17, 15) is 0 Å². The molecule has 0 unspecified atom stereocenters. The molecule has 16 heavy (non-hydrogen) atoms. The molecule has 0 atom stereocenters. The Morgan fingerprint density at radius 1 is 1.25 bits per heavy atom. The molecule has 0 heterocycles. The van der Waals surface area contributed by atoms with E-state index in [1.54, 1.807) is 12.1 Å². The fraction of sp³-hybridized carbons (Fsp3) is 0.455. The predicted molar refractivity (Wildman–Crippen MR) is 65.9 cm³/mol. The Hall–Kier alpha value is -1.04. The first-order valence-electron chi connectivity index (χ1n) is 5.51. The Kier molecular flexibility index (Phi) is 5.92. The maximum absolute atomic E-state index is 8.91. The standard InChI is InChI=1S/C11H18BNO3/c1-2-16-9-3-8-13-11-6-4-10(5-7-11)12(14)15/h4-7,13-15H,2-3,8-9H2,1H3. The average Bonchev–Trinajstić information content (AvgIpc) is 2.29. The van der Waals surface area contributed by atoms with Crippen molar-refractivity contribution in [3.05, 3.63) is 24.3 Å². The molecule has 1 aromatic carbocycles. The van der Waals surface area contributed by atoms with Gasteiger partial charge in [0, 0.05) is 25.4 Å². The number of hydrogen-bond donors (Lipinski definition) is 3. The molecule has 0 spiro atoms. The van der Waals surface area contributed by atoms with Gasteiger partial charge in [-0.2, -0.15) is 0 Å². The Morgan fingerprint density at radius 3 is 2.50 bits per heavy atom. The first-order chi connectivity index (χ1) is 7.74. The highest BCUT2D eigenvalue weighted by molar-refractivity contribution is 6.58. The van der Waals surface area contributed by atoms with Crippen LogP contribution in [0.4, 0.5) is 5.69 Å². The number of anilines is 1. The molecule has 0 bridgehead atoms. The monoisotopic (exact) mass is 223 g/mol. The van der Waals surface area contributed by atoms with Gasteiger partial charge in [-0.1, -0.05) is 12.1 Å². The van der Waals surface area contributed by atoms with Gasteiger partial charge in [-0.15, -0.1) is 0 Å². The van der Waals surface area contributed by atoms with Crippen LogP contribution in [0.1, 0.15) is 13.3 Å². The minimum Gasteiger partial charge on any atom is -0.423 e. The lowest BCUT2D eigenvalue weighted by Crippen LogP contribution is -2.29. The average molecular weight is 223 g/mol. The third-order valence-corrected chi connectivity index (χ3v) is 2.21. The molecule has 0 saturated carbocycles. The predicted octanol–water partition coefficient (Wildman–Crippen LogP) is 0.205. The van der Waals surface area contributed by atoms with E-state index in [2.05, 4.69) is 5.32 Å². The number of hydrogen-bond acceptors (Lipinski definition) is 4. The summed E-state index contributed by atoms with van der Waals surface area (Å²) in [6, 6.07) is 7.04. The van der Waals surface area contributed by atoms with Gasteiger partial charge in [-0.05, 0) is 30.9 Å². The van der Waals surface area contributed by atoms with Gasteiger partial charge in [0.25, 0.3) is 0 Å². The smallest absolute Gasteiger partial charge is 0.423 e. The molecule has 0 saturated heterocycles. The molecule has 0 aliphatic rings. The second-order valence-electron chi connectivity index (χ2n) is 3.47. The van der Waals surface area contributed by atoms with Gasteiger partial charge in [0.15, 0.2) is 0 Å². The molecule has 88 valence electrons. The van der Waals surface area contributed by atoms with Crippen LogP contribution < -0.4 is 10.8 Å². The normalized spacial score (nSPS) is 10.2. The molecular formula is C11H18BNO3. The Labute approximate surface area is 96.4 Å². The zero-order valence-corrected chi connectivity index (χ0v) is 9.52. The fourth-order valence-corrected chi connectivity index (χ4v) is 1.32. The number of nitrogens with one attached hydrogen (secondary N) is 1. The molecule has 0 aliphatic carbocycles. The quantitative estimate of drug-likeness (QED) is 0.456. The summed E-state index contributed by atoms with van der Waals surface area (Å²) in [4.78, 5) is 0. The van der Waals surface area contributed by atoms with Crippen LogP contribution in [-0.2, 0) is 4.74 Å². The van der Waals surface area contributed by atoms with Crippen molar-refractivity contribution in [2.75, 3.05) is 25.1 Å². The van der Waals surface area contributed by atoms with Crippen molar-refractivity contribution in [3.63, 3.8) is 0 Å². The highest BCUT2D eigenvalue weighted by Crippen LogP contribution is 2.03. The highest BCUT2D eigenvalue weighted by Gasteiger charge is 2.09. The van der Waals surface area contributed by atoms with E-state index < -0.39 is 7.12 Å². The van der Waals surface area contributed by atoms with Crippen LogP contribution in [0.2, 0.25) is 0 Å². The molecule has 0 radical (unpaired) electrons. The van der Waals surface area contributed by atoms with E-state index in [0.717, 1.165) is 31.9 Å². The van der Waals surface area contributed by atoms with Gasteiger partial charge in [-0.25, -0.2) is 0 Å². The van der Waals surface area contributed by atoms with E-state index >= 15 is 0 Å². The number of benzene rings is 1. The lowest BCUT2D eigenvalue weighted by Gasteiger charge is -2.07. The Balaban J connectivity index is 2.27. The molecule has 1 rings (SSSR count). The van der Waals surface area contributed by atoms with Gasteiger partial charge < -0.3 is 20.1 Å². The lowest BCUT2D eigenvalue weighted by atomic mass is 9.80. The van der Waals surface area contributed by atoms with Crippen LogP contribution in [0.3, 0.4) is 0 Å². The van der Waals surface area contributed by atoms with Crippen molar-refractivity contribution < 1.29 is 14.8 Å². The van der Waals surface area contributed by atoms with Crippen molar-refractivity contribution in [1.29, 1.82) is 0 Å². The molecular weight excluding hydrogens is 205 g/mol. The van der Waals surface area contributed by atoms with E-state index in [-0.39, 0.29) is 0 Å². The van der Waals surface area contributed by atoms with Gasteiger partial charge in [0.2, 0.25) is 0 Å². The van der Waals surface area contributed by atoms with E-state index in [0.29, 0.717) is 5.46 Å². The van der Waals surface area contributed by atoms with Gasteiger partial charge >= 0.3 is 7.12 Å². The van der Waals surface area contributed by atoms with Crippen LogP contribution in [0.5, 0.6) is 0 Å². The van der Waals surface area contributed by atoms with Crippen LogP contribution >= 0.6 is 0 Å². The summed E-state index contributed by atoms with van der Waals surface area (Å²) in [6.45, 7) is 4.34. The highest BCUT2D eigenvalue weighted by atomic mass is 16.5. The Bertz CT molecular complexity index is 290. The molecule has 0 fully saturated rings. The molecule has 5 heteroatoms. The summed E-state index contributed by atoms with van der Waals surface area (Å²) >= 11 is 0. The van der Waals surface area contributed by atoms with Gasteiger partial charge in [0.1, 0.15) is 0 Å². The molecule has 3 N–H and O–H groups in total. The SMILES string of the molecule is CCOCCCNc1ccc(B(O)O)cc1. The van der Waals surface area contributed by atoms with Crippen LogP contribution in [0.15, 0.2) is 24.3 Å². The Morgan fingerprint density at radius 2 is 1.94 bits per heavy atom. The van der Waals surface area contributed by atoms with Crippen molar-refractivity contribution in [2.45, 2.75) is 13.3 Å².